The first-order chi connectivity index (χ1) is 8.81. The minimum Gasteiger partial charge on any atom is -0.379 e. The summed E-state index contributed by atoms with van der Waals surface area (Å²) in [7, 11) is 0. The van der Waals surface area contributed by atoms with Crippen molar-refractivity contribution in [2.75, 3.05) is 19.8 Å². The lowest BCUT2D eigenvalue weighted by molar-refractivity contribution is -0.0979. The molecule has 1 aliphatic heterocycles. The summed E-state index contributed by atoms with van der Waals surface area (Å²) in [5.41, 5.74) is 0.605. The maximum Gasteiger partial charge on any atom is 0.0619 e. The summed E-state index contributed by atoms with van der Waals surface area (Å²) in [5.74, 6) is 3.18. The molecule has 4 saturated carbocycles. The van der Waals surface area contributed by atoms with Crippen LogP contribution in [0, 0.1) is 23.2 Å². The van der Waals surface area contributed by atoms with Crippen LogP contribution in [0.1, 0.15) is 51.4 Å². The van der Waals surface area contributed by atoms with Crippen molar-refractivity contribution < 1.29 is 4.74 Å². The van der Waals surface area contributed by atoms with Crippen LogP contribution in [0.2, 0.25) is 0 Å². The average molecular weight is 249 g/mol. The molecule has 1 unspecified atom stereocenters. The van der Waals surface area contributed by atoms with Crippen LogP contribution in [0.4, 0.5) is 0 Å². The zero-order valence-corrected chi connectivity index (χ0v) is 11.5. The van der Waals surface area contributed by atoms with Gasteiger partial charge in [0.05, 0.1) is 13.2 Å². The van der Waals surface area contributed by atoms with E-state index in [4.69, 9.17) is 4.74 Å². The van der Waals surface area contributed by atoms with E-state index in [-0.39, 0.29) is 0 Å². The van der Waals surface area contributed by atoms with E-state index in [9.17, 15) is 0 Å². The predicted octanol–water partition coefficient (Wildman–Crippen LogP) is 2.97. The van der Waals surface area contributed by atoms with Gasteiger partial charge in [-0.25, -0.2) is 0 Å². The van der Waals surface area contributed by atoms with Crippen LogP contribution in [0.25, 0.3) is 0 Å². The van der Waals surface area contributed by atoms with E-state index < -0.39 is 0 Å². The predicted molar refractivity (Wildman–Crippen MR) is 72.4 cm³/mol. The van der Waals surface area contributed by atoms with E-state index in [1.54, 1.807) is 19.3 Å². The number of rotatable bonds is 4. The highest BCUT2D eigenvalue weighted by atomic mass is 16.5. The molecular formula is C16H27NO. The van der Waals surface area contributed by atoms with E-state index in [1.807, 2.05) is 0 Å². The van der Waals surface area contributed by atoms with Gasteiger partial charge in [-0.1, -0.05) is 0 Å². The third-order valence-corrected chi connectivity index (χ3v) is 6.05. The lowest BCUT2D eigenvalue weighted by atomic mass is 9.50. The van der Waals surface area contributed by atoms with E-state index in [1.165, 1.54) is 38.6 Å². The third-order valence-electron chi connectivity index (χ3n) is 6.05. The second kappa shape index (κ2) is 4.49. The van der Waals surface area contributed by atoms with Crippen molar-refractivity contribution in [2.45, 2.75) is 57.4 Å². The Morgan fingerprint density at radius 1 is 1.00 bits per heavy atom. The lowest BCUT2D eigenvalue weighted by Crippen LogP contribution is -2.48. The second-order valence-corrected chi connectivity index (χ2v) is 7.73. The maximum atomic E-state index is 6.14. The molecule has 5 rings (SSSR count). The number of ether oxygens (including phenoxy) is 1. The summed E-state index contributed by atoms with van der Waals surface area (Å²) < 4.78 is 6.14. The highest BCUT2D eigenvalue weighted by Crippen LogP contribution is 2.60. The molecule has 0 aromatic rings. The van der Waals surface area contributed by atoms with Crippen molar-refractivity contribution in [3.63, 3.8) is 0 Å². The van der Waals surface area contributed by atoms with Crippen molar-refractivity contribution in [3.05, 3.63) is 0 Å². The minimum atomic E-state index is 0.605. The van der Waals surface area contributed by atoms with Crippen molar-refractivity contribution >= 4 is 0 Å². The van der Waals surface area contributed by atoms with Gasteiger partial charge in [-0.05, 0) is 81.1 Å². The van der Waals surface area contributed by atoms with E-state index >= 15 is 0 Å². The van der Waals surface area contributed by atoms with Gasteiger partial charge in [0.2, 0.25) is 0 Å². The molecule has 2 nitrogen and oxygen atoms in total. The fourth-order valence-corrected chi connectivity index (χ4v) is 5.78. The number of hydrogen-bond donors (Lipinski definition) is 1. The van der Waals surface area contributed by atoms with Crippen LogP contribution in [0.5, 0.6) is 0 Å². The molecule has 4 aliphatic carbocycles. The summed E-state index contributed by atoms with van der Waals surface area (Å²) in [6.07, 6.45) is 11.7. The molecule has 1 atom stereocenters. The first-order valence-electron chi connectivity index (χ1n) is 8.12. The molecule has 102 valence electrons. The van der Waals surface area contributed by atoms with Crippen molar-refractivity contribution in [1.29, 1.82) is 0 Å². The van der Waals surface area contributed by atoms with Gasteiger partial charge in [0.25, 0.3) is 0 Å². The molecule has 4 bridgehead atoms. The van der Waals surface area contributed by atoms with Gasteiger partial charge in [-0.3, -0.25) is 0 Å². The molecule has 18 heavy (non-hydrogen) atoms. The zero-order chi connectivity index (χ0) is 12.0. The van der Waals surface area contributed by atoms with Crippen LogP contribution in [-0.4, -0.2) is 25.8 Å². The van der Waals surface area contributed by atoms with Gasteiger partial charge < -0.3 is 10.1 Å². The molecular weight excluding hydrogens is 222 g/mol. The Labute approximate surface area is 111 Å². The van der Waals surface area contributed by atoms with E-state index in [0.717, 1.165) is 31.0 Å². The Morgan fingerprint density at radius 2 is 1.67 bits per heavy atom. The Morgan fingerprint density at radius 3 is 2.22 bits per heavy atom. The topological polar surface area (TPSA) is 21.3 Å². The molecule has 5 fully saturated rings. The van der Waals surface area contributed by atoms with Gasteiger partial charge in [0.15, 0.2) is 0 Å². The second-order valence-electron chi connectivity index (χ2n) is 7.73. The summed E-state index contributed by atoms with van der Waals surface area (Å²) in [5, 5.41) is 3.54. The summed E-state index contributed by atoms with van der Waals surface area (Å²) in [6, 6.07) is 0.652. The lowest BCUT2D eigenvalue weighted by Gasteiger charge is -2.56. The normalized spacial score (nSPS) is 50.0. The fraction of sp³-hybridized carbons (Fsp3) is 1.00. The van der Waals surface area contributed by atoms with Crippen molar-refractivity contribution in [2.24, 2.45) is 23.2 Å². The number of nitrogens with one attached hydrogen (secondary N) is 1. The van der Waals surface area contributed by atoms with Crippen LogP contribution in [-0.2, 0) is 4.74 Å². The van der Waals surface area contributed by atoms with Crippen molar-refractivity contribution in [1.82, 2.24) is 5.32 Å². The molecule has 0 spiro atoms. The standard InChI is InChI=1S/C16H27NO/c1-2-15(17-3-1)10-18-11-16-7-12-4-13(8-16)6-14(5-12)9-16/h12-15,17H,1-11H2. The smallest absolute Gasteiger partial charge is 0.0619 e. The monoisotopic (exact) mass is 249 g/mol. The van der Waals surface area contributed by atoms with Gasteiger partial charge in [-0.2, -0.15) is 0 Å². The van der Waals surface area contributed by atoms with Crippen molar-refractivity contribution in [3.8, 4) is 0 Å². The largest absolute Gasteiger partial charge is 0.379 e. The van der Waals surface area contributed by atoms with Crippen LogP contribution in [0.3, 0.4) is 0 Å². The summed E-state index contributed by atoms with van der Waals surface area (Å²) in [6.45, 7) is 3.22. The fourth-order valence-electron chi connectivity index (χ4n) is 5.78. The zero-order valence-electron chi connectivity index (χ0n) is 11.5. The SMILES string of the molecule is C1CNC(COCC23CC4CC(CC(C4)C2)C3)C1. The average Bonchev–Trinajstić information content (AvgIpc) is 2.79. The molecule has 2 heteroatoms. The molecule has 1 N–H and O–H groups in total. The molecule has 1 saturated heterocycles. The molecule has 1 heterocycles. The quantitative estimate of drug-likeness (QED) is 0.827. The Balaban J connectivity index is 1.33. The third kappa shape index (κ3) is 2.12. The Hall–Kier alpha value is -0.0800. The summed E-state index contributed by atoms with van der Waals surface area (Å²) in [4.78, 5) is 0. The van der Waals surface area contributed by atoms with Gasteiger partial charge in [0.1, 0.15) is 0 Å². The molecule has 0 radical (unpaired) electrons. The summed E-state index contributed by atoms with van der Waals surface area (Å²) >= 11 is 0. The number of hydrogen-bond acceptors (Lipinski definition) is 2. The van der Waals surface area contributed by atoms with Gasteiger partial charge in [0, 0.05) is 6.04 Å². The molecule has 0 amide bonds. The Kier molecular flexibility index (Phi) is 2.92. The van der Waals surface area contributed by atoms with Crippen LogP contribution in [0.15, 0.2) is 0 Å². The highest BCUT2D eigenvalue weighted by molar-refractivity contribution is 5.01. The van der Waals surface area contributed by atoms with Crippen LogP contribution >= 0.6 is 0 Å². The molecule has 0 aromatic carbocycles. The van der Waals surface area contributed by atoms with Gasteiger partial charge >= 0.3 is 0 Å². The Bertz CT molecular complexity index is 273. The first-order valence-corrected chi connectivity index (χ1v) is 8.12. The molecule has 5 aliphatic rings. The van der Waals surface area contributed by atoms with Crippen LogP contribution < -0.4 is 5.32 Å². The maximum absolute atomic E-state index is 6.14. The first kappa shape index (κ1) is 11.7. The molecule has 0 aromatic heterocycles. The highest BCUT2D eigenvalue weighted by Gasteiger charge is 2.50. The van der Waals surface area contributed by atoms with E-state index in [2.05, 4.69) is 5.32 Å². The van der Waals surface area contributed by atoms with E-state index in [0.29, 0.717) is 11.5 Å². The minimum absolute atomic E-state index is 0.605. The van der Waals surface area contributed by atoms with Gasteiger partial charge in [-0.15, -0.1) is 0 Å².